The Labute approximate surface area is 105 Å². The second kappa shape index (κ2) is 4.31. The molecule has 2 rings (SSSR count). The first-order valence-electron chi connectivity index (χ1n) is 4.69. The van der Waals surface area contributed by atoms with Crippen LogP contribution in [0, 0.1) is 5.82 Å². The van der Waals surface area contributed by atoms with Gasteiger partial charge in [0.25, 0.3) is 0 Å². The number of carbonyl (C=O) groups excluding carboxylic acids is 1. The van der Waals surface area contributed by atoms with Crippen LogP contribution in [0.3, 0.4) is 0 Å². The first-order chi connectivity index (χ1) is 7.49. The molecule has 3 nitrogen and oxygen atoms in total. The number of rotatable bonds is 1. The van der Waals surface area contributed by atoms with Gasteiger partial charge in [-0.15, -0.1) is 0 Å². The molecule has 0 aromatic heterocycles. The van der Waals surface area contributed by atoms with Crippen molar-refractivity contribution in [1.82, 2.24) is 0 Å². The Morgan fingerprint density at radius 2 is 2.25 bits per heavy atom. The summed E-state index contributed by atoms with van der Waals surface area (Å²) in [5.74, 6) is -0.580. The maximum absolute atomic E-state index is 13.4. The fraction of sp³-hybridized carbons (Fsp3) is 0.300. The summed E-state index contributed by atoms with van der Waals surface area (Å²) in [6.45, 7) is 0.375. The van der Waals surface area contributed by atoms with Crippen molar-refractivity contribution in [3.8, 4) is 0 Å². The zero-order valence-corrected chi connectivity index (χ0v) is 10.6. The average Bonchev–Trinajstić information content (AvgIpc) is 2.51. The minimum absolute atomic E-state index is 0.129. The summed E-state index contributed by atoms with van der Waals surface area (Å²) in [5.41, 5.74) is 6.04. The quantitative estimate of drug-likeness (QED) is 0.809. The van der Waals surface area contributed by atoms with E-state index in [1.807, 2.05) is 0 Å². The number of anilines is 1. The maximum atomic E-state index is 13.4. The number of nitrogens with zero attached hydrogens (tertiary/aromatic N) is 1. The Balaban J connectivity index is 2.41. The van der Waals surface area contributed by atoms with Gasteiger partial charge in [-0.05, 0) is 22.0 Å². The molecule has 1 heterocycles. The van der Waals surface area contributed by atoms with Gasteiger partial charge in [0.15, 0.2) is 0 Å². The molecule has 16 heavy (non-hydrogen) atoms. The molecule has 0 radical (unpaired) electrons. The minimum Gasteiger partial charge on any atom is -0.326 e. The van der Waals surface area contributed by atoms with Gasteiger partial charge in [0.05, 0.1) is 15.2 Å². The fourth-order valence-electron chi connectivity index (χ4n) is 1.69. The Morgan fingerprint density at radius 1 is 1.56 bits per heavy atom. The van der Waals surface area contributed by atoms with Gasteiger partial charge in [-0.1, -0.05) is 11.6 Å². The van der Waals surface area contributed by atoms with Crippen molar-refractivity contribution < 1.29 is 9.18 Å². The highest BCUT2D eigenvalue weighted by molar-refractivity contribution is 9.10. The van der Waals surface area contributed by atoms with Gasteiger partial charge in [0.2, 0.25) is 5.91 Å². The van der Waals surface area contributed by atoms with E-state index in [1.165, 1.54) is 17.0 Å². The molecule has 1 atom stereocenters. The summed E-state index contributed by atoms with van der Waals surface area (Å²) in [4.78, 5) is 13.0. The topological polar surface area (TPSA) is 46.3 Å². The lowest BCUT2D eigenvalue weighted by Crippen LogP contribution is -2.28. The van der Waals surface area contributed by atoms with E-state index in [2.05, 4.69) is 15.9 Å². The van der Waals surface area contributed by atoms with Crippen LogP contribution < -0.4 is 10.6 Å². The van der Waals surface area contributed by atoms with E-state index in [-0.39, 0.29) is 22.8 Å². The monoisotopic (exact) mass is 306 g/mol. The van der Waals surface area contributed by atoms with Crippen LogP contribution in [-0.2, 0) is 4.79 Å². The van der Waals surface area contributed by atoms with Crippen LogP contribution in [0.25, 0.3) is 0 Å². The first-order valence-corrected chi connectivity index (χ1v) is 5.86. The lowest BCUT2D eigenvalue weighted by Gasteiger charge is -2.18. The number of carbonyl (C=O) groups is 1. The normalized spacial score (nSPS) is 20.6. The van der Waals surface area contributed by atoms with Gasteiger partial charge < -0.3 is 10.6 Å². The Bertz CT molecular complexity index is 455. The molecule has 1 aliphatic rings. The van der Waals surface area contributed by atoms with Crippen LogP contribution in [0.15, 0.2) is 16.6 Å². The van der Waals surface area contributed by atoms with E-state index in [0.29, 0.717) is 17.3 Å². The highest BCUT2D eigenvalue weighted by atomic mass is 79.9. The molecule has 2 N–H and O–H groups in total. The van der Waals surface area contributed by atoms with Crippen molar-refractivity contribution in [1.29, 1.82) is 0 Å². The molecule has 6 heteroatoms. The fourth-order valence-corrected chi connectivity index (χ4v) is 2.43. The number of hydrogen-bond donors (Lipinski definition) is 1. The molecule has 1 saturated heterocycles. The van der Waals surface area contributed by atoms with E-state index >= 15 is 0 Å². The third-order valence-corrected chi connectivity index (χ3v) is 3.35. The standard InChI is InChI=1S/C10H9BrClFN2O/c11-6-2-7(12)9(3-8(6)13)15-4-5(14)1-10(15)16/h2-3,5H,1,4,14H2. The SMILES string of the molecule is NC1CC(=O)N(c2cc(F)c(Br)cc2Cl)C1. The molecule has 1 aromatic carbocycles. The summed E-state index contributed by atoms with van der Waals surface area (Å²) in [6.07, 6.45) is 0.272. The molecule has 1 aliphatic heterocycles. The molecule has 1 fully saturated rings. The van der Waals surface area contributed by atoms with E-state index in [4.69, 9.17) is 17.3 Å². The number of hydrogen-bond acceptors (Lipinski definition) is 2. The van der Waals surface area contributed by atoms with Gasteiger partial charge in [-0.2, -0.15) is 0 Å². The lowest BCUT2D eigenvalue weighted by atomic mass is 10.3. The first kappa shape index (κ1) is 11.8. The molecule has 0 saturated carbocycles. The molecule has 0 bridgehead atoms. The zero-order chi connectivity index (χ0) is 11.9. The van der Waals surface area contributed by atoms with Crippen molar-refractivity contribution >= 4 is 39.1 Å². The Hall–Kier alpha value is -0.650. The van der Waals surface area contributed by atoms with E-state index < -0.39 is 5.82 Å². The summed E-state index contributed by atoms with van der Waals surface area (Å²) >= 11 is 8.99. The van der Waals surface area contributed by atoms with Gasteiger partial charge in [-0.3, -0.25) is 4.79 Å². The van der Waals surface area contributed by atoms with Crippen LogP contribution in [0.2, 0.25) is 5.02 Å². The Morgan fingerprint density at radius 3 is 2.81 bits per heavy atom. The van der Waals surface area contributed by atoms with Gasteiger partial charge in [0, 0.05) is 25.1 Å². The van der Waals surface area contributed by atoms with E-state index in [0.717, 1.165) is 0 Å². The molecule has 0 spiro atoms. The van der Waals surface area contributed by atoms with Crippen molar-refractivity contribution in [3.05, 3.63) is 27.4 Å². The van der Waals surface area contributed by atoms with E-state index in [9.17, 15) is 9.18 Å². The smallest absolute Gasteiger partial charge is 0.228 e. The summed E-state index contributed by atoms with van der Waals surface area (Å²) < 4.78 is 13.6. The highest BCUT2D eigenvalue weighted by Crippen LogP contribution is 2.33. The van der Waals surface area contributed by atoms with Crippen LogP contribution in [0.5, 0.6) is 0 Å². The number of nitrogens with two attached hydrogens (primary N) is 1. The van der Waals surface area contributed by atoms with Gasteiger partial charge in [-0.25, -0.2) is 4.39 Å². The molecular weight excluding hydrogens is 298 g/mol. The largest absolute Gasteiger partial charge is 0.326 e. The van der Waals surface area contributed by atoms with Crippen molar-refractivity contribution in [2.45, 2.75) is 12.5 Å². The average molecular weight is 308 g/mol. The highest BCUT2D eigenvalue weighted by Gasteiger charge is 2.29. The second-order valence-corrected chi connectivity index (χ2v) is 4.95. The third kappa shape index (κ3) is 2.07. The molecule has 86 valence electrons. The third-order valence-electron chi connectivity index (χ3n) is 2.44. The molecule has 1 aromatic rings. The number of benzene rings is 1. The van der Waals surface area contributed by atoms with Crippen LogP contribution >= 0.6 is 27.5 Å². The molecule has 1 unspecified atom stereocenters. The predicted octanol–water partition coefficient (Wildman–Crippen LogP) is 2.31. The predicted molar refractivity (Wildman–Crippen MR) is 64.1 cm³/mol. The van der Waals surface area contributed by atoms with Crippen LogP contribution in [-0.4, -0.2) is 18.5 Å². The lowest BCUT2D eigenvalue weighted by molar-refractivity contribution is -0.117. The summed E-state index contributed by atoms with van der Waals surface area (Å²) in [6, 6.07) is 2.46. The van der Waals surface area contributed by atoms with Gasteiger partial charge in [0.1, 0.15) is 5.82 Å². The van der Waals surface area contributed by atoms with Gasteiger partial charge >= 0.3 is 0 Å². The van der Waals surface area contributed by atoms with Crippen LogP contribution in [0.4, 0.5) is 10.1 Å². The maximum Gasteiger partial charge on any atom is 0.228 e. The number of halogens is 3. The Kier molecular flexibility index (Phi) is 3.19. The molecular formula is C10H9BrClFN2O. The summed E-state index contributed by atoms with van der Waals surface area (Å²) in [5, 5.41) is 0.329. The minimum atomic E-state index is -0.451. The van der Waals surface area contributed by atoms with Crippen molar-refractivity contribution in [2.24, 2.45) is 5.73 Å². The van der Waals surface area contributed by atoms with Crippen molar-refractivity contribution in [3.63, 3.8) is 0 Å². The molecule has 1 amide bonds. The molecule has 0 aliphatic carbocycles. The van der Waals surface area contributed by atoms with Crippen molar-refractivity contribution in [2.75, 3.05) is 11.4 Å². The van der Waals surface area contributed by atoms with E-state index in [1.54, 1.807) is 0 Å². The summed E-state index contributed by atoms with van der Waals surface area (Å²) in [7, 11) is 0. The second-order valence-electron chi connectivity index (χ2n) is 3.69. The number of amides is 1. The van der Waals surface area contributed by atoms with Crippen LogP contribution in [0.1, 0.15) is 6.42 Å². The zero-order valence-electron chi connectivity index (χ0n) is 8.21.